The number of fused-ring (bicyclic) bond motifs is 2. The molecule has 7 atom stereocenters. The molecule has 11 heteroatoms. The van der Waals surface area contributed by atoms with E-state index in [1.54, 1.807) is 19.1 Å². The monoisotopic (exact) mass is 728 g/mol. The molecular formula is C42H52N2O9. The first kappa shape index (κ1) is 38.5. The number of cyclic esters (lactones) is 1. The number of anilines is 1. The van der Waals surface area contributed by atoms with E-state index in [2.05, 4.69) is 22.5 Å². The van der Waals surface area contributed by atoms with Gasteiger partial charge < -0.3 is 40.5 Å². The maximum Gasteiger partial charge on any atom is 0.334 e. The number of ether oxygens (including phenoxy) is 2. The van der Waals surface area contributed by atoms with Crippen molar-refractivity contribution in [2.75, 3.05) is 25.0 Å². The van der Waals surface area contributed by atoms with E-state index in [9.17, 15) is 34.8 Å². The maximum atomic E-state index is 14.5. The van der Waals surface area contributed by atoms with Crippen LogP contribution in [0, 0.1) is 23.7 Å². The first-order valence-electron chi connectivity index (χ1n) is 19.1. The lowest BCUT2D eigenvalue weighted by atomic mass is 9.60. The molecule has 11 nitrogen and oxygen atoms in total. The Hall–Kier alpha value is -4.21. The van der Waals surface area contributed by atoms with Gasteiger partial charge in [0.15, 0.2) is 0 Å². The Balaban J connectivity index is 1.49. The highest BCUT2D eigenvalue weighted by Crippen LogP contribution is 2.49. The molecule has 4 aliphatic rings. The largest absolute Gasteiger partial charge is 0.508 e. The summed E-state index contributed by atoms with van der Waals surface area (Å²) in [5.74, 6) is 4.41. The van der Waals surface area contributed by atoms with Gasteiger partial charge >= 0.3 is 11.9 Å². The van der Waals surface area contributed by atoms with E-state index in [-0.39, 0.29) is 61.5 Å². The highest BCUT2D eigenvalue weighted by molar-refractivity contribution is 5.89. The van der Waals surface area contributed by atoms with Crippen LogP contribution in [0.5, 0.6) is 11.5 Å². The average Bonchev–Trinajstić information content (AvgIpc) is 3.13. The summed E-state index contributed by atoms with van der Waals surface area (Å²) in [6.45, 7) is 5.09. The van der Waals surface area contributed by atoms with Crippen LogP contribution in [0.25, 0.3) is 0 Å². The number of aliphatic hydroxyl groups excluding tert-OH is 2. The van der Waals surface area contributed by atoms with Gasteiger partial charge in [0, 0.05) is 54.6 Å². The summed E-state index contributed by atoms with van der Waals surface area (Å²) in [7, 11) is 0. The van der Waals surface area contributed by atoms with Crippen LogP contribution in [0.4, 0.5) is 5.69 Å². The summed E-state index contributed by atoms with van der Waals surface area (Å²) in [6, 6.07) is 8.66. The van der Waals surface area contributed by atoms with Crippen LogP contribution in [-0.4, -0.2) is 75.6 Å². The second-order valence-corrected chi connectivity index (χ2v) is 15.1. The molecule has 2 heterocycles. The predicted octanol–water partition coefficient (Wildman–Crippen LogP) is 4.54. The number of phenols is 1. The number of nitrogens with one attached hydrogen (secondary N) is 2. The van der Waals surface area contributed by atoms with Gasteiger partial charge in [-0.2, -0.15) is 0 Å². The van der Waals surface area contributed by atoms with Crippen molar-refractivity contribution in [3.8, 4) is 23.3 Å². The molecule has 0 aromatic heterocycles. The van der Waals surface area contributed by atoms with E-state index in [0.29, 0.717) is 73.0 Å². The zero-order valence-electron chi connectivity index (χ0n) is 30.7. The zero-order chi connectivity index (χ0) is 37.7. The SMILES string of the molecule is CCNCCC=C1CC(c2cc(CO)cc(NCC(C)O)c2)C#CC2CC(=O)Oc3cc(O)c(cc32)CC(C2(O)CCCC3CC(=O)CCC32)OC1=O. The number of hydrogen-bond acceptors (Lipinski definition) is 11. The molecule has 6 N–H and O–H groups in total. The van der Waals surface area contributed by atoms with Gasteiger partial charge in [-0.1, -0.05) is 37.3 Å². The third-order valence-electron chi connectivity index (χ3n) is 11.3. The van der Waals surface area contributed by atoms with Gasteiger partial charge in [0.1, 0.15) is 29.0 Å². The summed E-state index contributed by atoms with van der Waals surface area (Å²) in [6.07, 6.45) is 3.95. The molecule has 0 amide bonds. The molecule has 0 saturated heterocycles. The van der Waals surface area contributed by atoms with E-state index in [0.717, 1.165) is 18.5 Å². The molecule has 2 aromatic carbocycles. The average molecular weight is 729 g/mol. The fraction of sp³-hybridized carbons (Fsp3) is 0.548. The van der Waals surface area contributed by atoms with Crippen molar-refractivity contribution in [2.24, 2.45) is 11.8 Å². The van der Waals surface area contributed by atoms with Gasteiger partial charge in [-0.25, -0.2) is 4.79 Å². The van der Waals surface area contributed by atoms with Crippen LogP contribution in [0.3, 0.4) is 0 Å². The summed E-state index contributed by atoms with van der Waals surface area (Å²) < 4.78 is 12.0. The zero-order valence-corrected chi connectivity index (χ0v) is 30.7. The maximum absolute atomic E-state index is 14.5. The van der Waals surface area contributed by atoms with Crippen LogP contribution >= 0.6 is 0 Å². The number of Topliss-reactive ketones (excluding diaryl/α,β-unsaturated/α-hetero) is 1. The molecule has 2 aromatic rings. The molecule has 0 radical (unpaired) electrons. The van der Waals surface area contributed by atoms with Crippen molar-refractivity contribution in [3.05, 3.63) is 64.2 Å². The molecule has 53 heavy (non-hydrogen) atoms. The molecule has 2 saturated carbocycles. The third kappa shape index (κ3) is 8.95. The van der Waals surface area contributed by atoms with Crippen LogP contribution in [-0.2, 0) is 32.1 Å². The number of aromatic hydroxyl groups is 1. The smallest absolute Gasteiger partial charge is 0.334 e. The molecule has 284 valence electrons. The quantitative estimate of drug-likeness (QED) is 0.0667. The third-order valence-corrected chi connectivity index (χ3v) is 11.3. The van der Waals surface area contributed by atoms with Gasteiger partial charge in [-0.15, -0.1) is 0 Å². The van der Waals surface area contributed by atoms with Gasteiger partial charge in [0.2, 0.25) is 0 Å². The number of hydrogen-bond donors (Lipinski definition) is 6. The Morgan fingerprint density at radius 1 is 1.04 bits per heavy atom. The number of ketones is 1. The second kappa shape index (κ2) is 16.9. The standard InChI is InChI=1S/C42H52N2O9/c1-3-43-13-5-7-30-16-27(31-14-26(24-45)15-33(17-31)44-23-25(2)46)8-9-28-21-40(49)52-38-22-37(48)32(19-35(28)38)20-39(53-41(30)50)42(51)12-4-6-29-18-34(47)10-11-36(29)42/h7,14-15,17,19,22,25,27-29,36,39,43-46,48,51H,3-6,10-13,16,18,20-21,23-24H2,1-2H3. The lowest BCUT2D eigenvalue weighted by Gasteiger charge is -2.50. The van der Waals surface area contributed by atoms with E-state index < -0.39 is 41.6 Å². The van der Waals surface area contributed by atoms with E-state index in [1.807, 2.05) is 25.1 Å². The molecule has 0 spiro atoms. The van der Waals surface area contributed by atoms with E-state index in [1.165, 1.54) is 6.07 Å². The Bertz CT molecular complexity index is 1790. The minimum atomic E-state index is -1.45. The number of carbonyl (C=O) groups is 3. The molecule has 2 aliphatic heterocycles. The highest BCUT2D eigenvalue weighted by Gasteiger charge is 2.53. The number of aliphatic hydroxyl groups is 3. The number of phenolic OH excluding ortho intramolecular Hbond substituents is 1. The number of esters is 2. The lowest BCUT2D eigenvalue weighted by Crippen LogP contribution is -2.57. The van der Waals surface area contributed by atoms with Crippen molar-refractivity contribution in [1.29, 1.82) is 0 Å². The Morgan fingerprint density at radius 3 is 2.62 bits per heavy atom. The summed E-state index contributed by atoms with van der Waals surface area (Å²) in [5.41, 5.74) is 1.99. The number of benzene rings is 2. The van der Waals surface area contributed by atoms with Gasteiger partial charge in [0.05, 0.1) is 25.0 Å². The van der Waals surface area contributed by atoms with E-state index in [4.69, 9.17) is 9.47 Å². The minimum absolute atomic E-state index is 0.0115. The normalized spacial score (nSPS) is 28.6. The molecule has 2 aliphatic carbocycles. The van der Waals surface area contributed by atoms with Gasteiger partial charge in [-0.3, -0.25) is 9.59 Å². The van der Waals surface area contributed by atoms with Crippen LogP contribution in [0.2, 0.25) is 0 Å². The Kier molecular flexibility index (Phi) is 12.2. The van der Waals surface area contributed by atoms with Crippen molar-refractivity contribution >= 4 is 23.4 Å². The molecular weight excluding hydrogens is 676 g/mol. The second-order valence-electron chi connectivity index (χ2n) is 15.1. The Labute approximate surface area is 311 Å². The summed E-state index contributed by atoms with van der Waals surface area (Å²) in [5, 5.41) is 50.6. The van der Waals surface area contributed by atoms with Gasteiger partial charge in [-0.05, 0) is 98.8 Å². The Morgan fingerprint density at radius 2 is 1.85 bits per heavy atom. The topological polar surface area (TPSA) is 175 Å². The highest BCUT2D eigenvalue weighted by atomic mass is 16.6. The fourth-order valence-electron chi connectivity index (χ4n) is 8.56. The van der Waals surface area contributed by atoms with Crippen molar-refractivity contribution in [1.82, 2.24) is 5.32 Å². The van der Waals surface area contributed by atoms with Crippen LogP contribution in [0.1, 0.15) is 106 Å². The number of carbonyl (C=O) groups excluding carboxylic acids is 3. The van der Waals surface area contributed by atoms with Gasteiger partial charge in [0.25, 0.3) is 0 Å². The van der Waals surface area contributed by atoms with Crippen molar-refractivity contribution in [3.63, 3.8) is 0 Å². The van der Waals surface area contributed by atoms with Crippen LogP contribution in [0.15, 0.2) is 42.0 Å². The molecule has 6 rings (SSSR count). The van der Waals surface area contributed by atoms with Crippen molar-refractivity contribution < 1.29 is 44.3 Å². The molecule has 2 bridgehead atoms. The minimum Gasteiger partial charge on any atom is -0.508 e. The van der Waals surface area contributed by atoms with Crippen LogP contribution < -0.4 is 15.4 Å². The molecule has 7 unspecified atom stereocenters. The first-order chi connectivity index (χ1) is 25.5. The number of rotatable bonds is 10. The molecule has 2 fully saturated rings. The fourth-order valence-corrected chi connectivity index (χ4v) is 8.56. The summed E-state index contributed by atoms with van der Waals surface area (Å²) >= 11 is 0. The summed E-state index contributed by atoms with van der Waals surface area (Å²) in [4.78, 5) is 39.9. The lowest BCUT2D eigenvalue weighted by molar-refractivity contribution is -0.187. The van der Waals surface area contributed by atoms with Crippen molar-refractivity contribution in [2.45, 2.75) is 114 Å². The predicted molar refractivity (Wildman–Crippen MR) is 198 cm³/mol. The first-order valence-corrected chi connectivity index (χ1v) is 19.1. The van der Waals surface area contributed by atoms with E-state index >= 15 is 0 Å².